The van der Waals surface area contributed by atoms with Crippen LogP contribution in [0.15, 0.2) is 77.7 Å². The summed E-state index contributed by atoms with van der Waals surface area (Å²) < 4.78 is 12.8. The van der Waals surface area contributed by atoms with Gasteiger partial charge in [-0.1, -0.05) is 55.0 Å². The highest BCUT2D eigenvalue weighted by molar-refractivity contribution is 7.99. The molecular weight excluding hydrogens is 580 g/mol. The number of aliphatic hydroxyl groups excluding tert-OH is 1. The molecule has 9 nitrogen and oxygen atoms in total. The summed E-state index contributed by atoms with van der Waals surface area (Å²) in [6, 6.07) is 22.4. The second kappa shape index (κ2) is 17.0. The van der Waals surface area contributed by atoms with Crippen molar-refractivity contribution in [1.29, 1.82) is 0 Å². The first kappa shape index (κ1) is 33.2. The van der Waals surface area contributed by atoms with E-state index in [2.05, 4.69) is 10.6 Å². The molecule has 3 atom stereocenters. The maximum Gasteiger partial charge on any atom is 0.335 e. The van der Waals surface area contributed by atoms with Crippen LogP contribution >= 0.6 is 11.8 Å². The fraction of sp³-hybridized carbons (Fsp3) is 0.382. The molecule has 10 heteroatoms. The zero-order chi connectivity index (χ0) is 31.3. The number of unbranched alkanes of at least 4 members (excludes halogenated alkanes) is 2. The predicted octanol–water partition coefficient (Wildman–Crippen LogP) is 5.53. The number of carboxylic acids is 1. The molecule has 0 aromatic heterocycles. The standard InChI is InChI=1S/C34H40N2O7S/c1-23(38)35-18-4-2-3-5-32(39)36-20-24-6-12-28(13-7-24)34-42-29(22-44-30-16-14-27(15-17-30)33(40)41)19-31(43-34)26-10-8-25(21-37)9-11-26/h6-17,29,31,34,37H,2-5,18-22H2,1H3,(H,35,38)(H,36,39)(H,40,41)/t29-,31+,34+/m1/s1. The summed E-state index contributed by atoms with van der Waals surface area (Å²) in [5.74, 6) is -0.327. The van der Waals surface area contributed by atoms with Gasteiger partial charge in [0.1, 0.15) is 0 Å². The topological polar surface area (TPSA) is 134 Å². The normalized spacial score (nSPS) is 18.0. The average molecular weight is 621 g/mol. The molecule has 3 aromatic carbocycles. The molecule has 4 rings (SSSR count). The number of carbonyl (C=O) groups is 3. The van der Waals surface area contributed by atoms with Crippen LogP contribution in [0.3, 0.4) is 0 Å². The first-order valence-corrected chi connectivity index (χ1v) is 15.9. The van der Waals surface area contributed by atoms with E-state index >= 15 is 0 Å². The SMILES string of the molecule is CC(=O)NCCCCCC(=O)NCc1ccc([C@H]2O[C@@H](CSc3ccc(C(=O)O)cc3)C[C@@H](c3ccc(CO)cc3)O2)cc1. The summed E-state index contributed by atoms with van der Waals surface area (Å²) in [6.07, 6.45) is 2.68. The number of thioether (sulfide) groups is 1. The summed E-state index contributed by atoms with van der Waals surface area (Å²) in [5, 5.41) is 24.4. The summed E-state index contributed by atoms with van der Waals surface area (Å²) in [6.45, 7) is 2.54. The maximum absolute atomic E-state index is 12.3. The van der Waals surface area contributed by atoms with Crippen LogP contribution in [0.25, 0.3) is 0 Å². The van der Waals surface area contributed by atoms with Crippen LogP contribution in [-0.4, -0.2) is 46.4 Å². The number of rotatable bonds is 15. The molecular formula is C34H40N2O7S. The van der Waals surface area contributed by atoms with E-state index in [1.165, 1.54) is 6.92 Å². The highest BCUT2D eigenvalue weighted by atomic mass is 32.2. The minimum Gasteiger partial charge on any atom is -0.478 e. The van der Waals surface area contributed by atoms with E-state index in [4.69, 9.17) is 9.47 Å². The molecule has 0 unspecified atom stereocenters. The van der Waals surface area contributed by atoms with Crippen molar-refractivity contribution in [2.24, 2.45) is 0 Å². The van der Waals surface area contributed by atoms with Crippen LogP contribution < -0.4 is 10.6 Å². The van der Waals surface area contributed by atoms with Crippen LogP contribution in [-0.2, 0) is 32.2 Å². The Kier molecular flexibility index (Phi) is 12.8. The fourth-order valence-corrected chi connectivity index (χ4v) is 5.76. The molecule has 44 heavy (non-hydrogen) atoms. The number of nitrogens with one attached hydrogen (secondary N) is 2. The van der Waals surface area contributed by atoms with Gasteiger partial charge in [0.15, 0.2) is 6.29 Å². The lowest BCUT2D eigenvalue weighted by Gasteiger charge is -2.36. The Labute approximate surface area is 262 Å². The van der Waals surface area contributed by atoms with Crippen molar-refractivity contribution in [1.82, 2.24) is 10.6 Å². The van der Waals surface area contributed by atoms with E-state index in [-0.39, 0.29) is 36.2 Å². The number of amides is 2. The smallest absolute Gasteiger partial charge is 0.335 e. The Morgan fingerprint density at radius 2 is 1.52 bits per heavy atom. The number of carboxylic acid groups (broad SMARTS) is 1. The number of aliphatic hydroxyl groups is 1. The molecule has 1 aliphatic rings. The molecule has 2 amide bonds. The van der Waals surface area contributed by atoms with Crippen molar-refractivity contribution in [3.8, 4) is 0 Å². The van der Waals surface area contributed by atoms with Gasteiger partial charge in [-0.2, -0.15) is 0 Å². The van der Waals surface area contributed by atoms with Crippen molar-refractivity contribution >= 4 is 29.5 Å². The van der Waals surface area contributed by atoms with Gasteiger partial charge in [-0.15, -0.1) is 11.8 Å². The van der Waals surface area contributed by atoms with Gasteiger partial charge in [-0.05, 0) is 53.8 Å². The van der Waals surface area contributed by atoms with Crippen LogP contribution in [0, 0.1) is 0 Å². The van der Waals surface area contributed by atoms with Crippen LogP contribution in [0.5, 0.6) is 0 Å². The lowest BCUT2D eigenvalue weighted by atomic mass is 10.0. The van der Waals surface area contributed by atoms with Crippen LogP contribution in [0.1, 0.15) is 84.0 Å². The summed E-state index contributed by atoms with van der Waals surface area (Å²) in [5.41, 5.74) is 3.93. The highest BCUT2D eigenvalue weighted by Gasteiger charge is 2.32. The molecule has 0 saturated carbocycles. The Morgan fingerprint density at radius 1 is 0.841 bits per heavy atom. The summed E-state index contributed by atoms with van der Waals surface area (Å²) in [7, 11) is 0. The van der Waals surface area contributed by atoms with Crippen LogP contribution in [0.4, 0.5) is 0 Å². The Morgan fingerprint density at radius 3 is 2.18 bits per heavy atom. The van der Waals surface area contributed by atoms with Crippen molar-refractivity contribution in [2.75, 3.05) is 12.3 Å². The molecule has 0 aliphatic carbocycles. The summed E-state index contributed by atoms with van der Waals surface area (Å²) >= 11 is 1.61. The molecule has 234 valence electrons. The van der Waals surface area contributed by atoms with E-state index in [0.717, 1.165) is 46.4 Å². The number of carbonyl (C=O) groups excluding carboxylic acids is 2. The molecule has 1 saturated heterocycles. The maximum atomic E-state index is 12.3. The predicted molar refractivity (Wildman–Crippen MR) is 168 cm³/mol. The minimum atomic E-state index is -0.952. The van der Waals surface area contributed by atoms with Gasteiger partial charge in [0.05, 0.1) is 24.4 Å². The molecule has 1 fully saturated rings. The van der Waals surface area contributed by atoms with Crippen molar-refractivity contribution in [3.05, 3.63) is 101 Å². The first-order chi connectivity index (χ1) is 21.3. The third-order valence-corrected chi connectivity index (χ3v) is 8.49. The third kappa shape index (κ3) is 10.5. The second-order valence-corrected chi connectivity index (χ2v) is 11.9. The number of ether oxygens (including phenoxy) is 2. The Balaban J connectivity index is 1.34. The lowest BCUT2D eigenvalue weighted by Crippen LogP contribution is -2.31. The van der Waals surface area contributed by atoms with Gasteiger partial charge in [0.2, 0.25) is 11.8 Å². The number of hydrogen-bond acceptors (Lipinski definition) is 7. The van der Waals surface area contributed by atoms with E-state index < -0.39 is 12.3 Å². The highest BCUT2D eigenvalue weighted by Crippen LogP contribution is 2.39. The van der Waals surface area contributed by atoms with Gasteiger partial charge in [0.25, 0.3) is 0 Å². The molecule has 1 heterocycles. The average Bonchev–Trinajstić information content (AvgIpc) is 3.04. The number of benzene rings is 3. The first-order valence-electron chi connectivity index (χ1n) is 14.9. The molecule has 0 spiro atoms. The van der Waals surface area contributed by atoms with Crippen molar-refractivity contribution < 1.29 is 34.1 Å². The minimum absolute atomic E-state index is 0.000510. The van der Waals surface area contributed by atoms with E-state index in [1.54, 1.807) is 23.9 Å². The van der Waals surface area contributed by atoms with E-state index in [0.29, 0.717) is 31.7 Å². The van der Waals surface area contributed by atoms with E-state index in [1.807, 2.05) is 60.7 Å². The molecule has 4 N–H and O–H groups in total. The van der Waals surface area contributed by atoms with E-state index in [9.17, 15) is 24.6 Å². The van der Waals surface area contributed by atoms with Crippen LogP contribution in [0.2, 0.25) is 0 Å². The summed E-state index contributed by atoms with van der Waals surface area (Å²) in [4.78, 5) is 35.3. The zero-order valence-corrected chi connectivity index (χ0v) is 25.7. The molecule has 3 aromatic rings. The Hall–Kier alpha value is -3.70. The van der Waals surface area contributed by atoms with Gasteiger partial charge >= 0.3 is 5.97 Å². The lowest BCUT2D eigenvalue weighted by molar-refractivity contribution is -0.245. The van der Waals surface area contributed by atoms with Gasteiger partial charge in [-0.3, -0.25) is 9.59 Å². The van der Waals surface area contributed by atoms with Gasteiger partial charge in [0, 0.05) is 49.1 Å². The number of hydrogen-bond donors (Lipinski definition) is 4. The van der Waals surface area contributed by atoms with Gasteiger partial charge < -0.3 is 30.3 Å². The quantitative estimate of drug-likeness (QED) is 0.129. The van der Waals surface area contributed by atoms with Crippen molar-refractivity contribution in [2.45, 2.75) is 75.6 Å². The van der Waals surface area contributed by atoms with Crippen molar-refractivity contribution in [3.63, 3.8) is 0 Å². The molecule has 0 radical (unpaired) electrons. The third-order valence-electron chi connectivity index (χ3n) is 7.35. The Bertz CT molecular complexity index is 1360. The monoisotopic (exact) mass is 620 g/mol. The molecule has 0 bridgehead atoms. The fourth-order valence-electron chi connectivity index (χ4n) is 4.84. The zero-order valence-electron chi connectivity index (χ0n) is 24.9. The largest absolute Gasteiger partial charge is 0.478 e. The molecule has 1 aliphatic heterocycles. The second-order valence-electron chi connectivity index (χ2n) is 10.8. The van der Waals surface area contributed by atoms with Gasteiger partial charge in [-0.25, -0.2) is 4.79 Å². The number of aromatic carboxylic acids is 1.